The molecule has 0 atom stereocenters. The Balaban J connectivity index is 0.000000318. The Morgan fingerprint density at radius 1 is 1.27 bits per heavy atom. The van der Waals surface area contributed by atoms with Crippen molar-refractivity contribution in [1.82, 2.24) is 24.8 Å². The molecule has 11 heteroatoms. The summed E-state index contributed by atoms with van der Waals surface area (Å²) >= 11 is 0. The number of anilines is 1. The second-order valence-electron chi connectivity index (χ2n) is 6.92. The largest absolute Gasteiger partial charge is 0.490 e. The molecule has 0 spiro atoms. The Morgan fingerprint density at radius 2 is 2.00 bits per heavy atom. The van der Waals surface area contributed by atoms with Crippen LogP contribution < -0.4 is 10.2 Å². The molecule has 4 rings (SSSR count). The van der Waals surface area contributed by atoms with Gasteiger partial charge in [-0.15, -0.1) is 0 Å². The average Bonchev–Trinajstić information content (AvgIpc) is 3.11. The minimum absolute atomic E-state index is 0.795. The van der Waals surface area contributed by atoms with Gasteiger partial charge >= 0.3 is 12.1 Å². The highest BCUT2D eigenvalue weighted by molar-refractivity contribution is 5.83. The van der Waals surface area contributed by atoms with Gasteiger partial charge in [0.2, 0.25) is 0 Å². The Hall–Kier alpha value is -3.21. The van der Waals surface area contributed by atoms with Crippen LogP contribution in [0.25, 0.3) is 11.2 Å². The highest BCUT2D eigenvalue weighted by Gasteiger charge is 2.38. The summed E-state index contributed by atoms with van der Waals surface area (Å²) in [6, 6.07) is 6.56. The topological polar surface area (TPSA) is 96.2 Å². The molecule has 1 aliphatic rings. The van der Waals surface area contributed by atoms with E-state index in [9.17, 15) is 13.2 Å². The van der Waals surface area contributed by atoms with Crippen molar-refractivity contribution < 1.29 is 23.1 Å². The van der Waals surface area contributed by atoms with Crippen LogP contribution in [0.5, 0.6) is 0 Å². The maximum atomic E-state index is 10.6. The molecule has 3 heterocycles. The Morgan fingerprint density at radius 3 is 2.67 bits per heavy atom. The highest BCUT2D eigenvalue weighted by atomic mass is 19.4. The number of imidazole rings is 1. The van der Waals surface area contributed by atoms with Crippen molar-refractivity contribution in [3.05, 3.63) is 47.5 Å². The number of carboxylic acid groups (broad SMARTS) is 1. The van der Waals surface area contributed by atoms with Crippen LogP contribution in [0.3, 0.4) is 0 Å². The third-order valence-electron chi connectivity index (χ3n) is 4.63. The molecular formula is C19H21F3N6O2. The van der Waals surface area contributed by atoms with Crippen molar-refractivity contribution in [3.63, 3.8) is 0 Å². The zero-order chi connectivity index (χ0) is 21.9. The normalized spacial score (nSPS) is 13.4. The van der Waals surface area contributed by atoms with E-state index in [4.69, 9.17) is 9.90 Å². The summed E-state index contributed by atoms with van der Waals surface area (Å²) in [7, 11) is 3.95. The summed E-state index contributed by atoms with van der Waals surface area (Å²) in [5.74, 6) is -1.90. The summed E-state index contributed by atoms with van der Waals surface area (Å²) in [6.07, 6.45) is -0.525. The molecule has 0 saturated heterocycles. The maximum absolute atomic E-state index is 10.6. The molecule has 160 valence electrons. The third kappa shape index (κ3) is 4.67. The maximum Gasteiger partial charge on any atom is 0.490 e. The molecule has 1 aliphatic heterocycles. The van der Waals surface area contributed by atoms with Gasteiger partial charge in [0.05, 0.1) is 12.9 Å². The van der Waals surface area contributed by atoms with Crippen LogP contribution in [0.2, 0.25) is 0 Å². The van der Waals surface area contributed by atoms with Crippen LogP contribution in [-0.2, 0) is 24.3 Å². The molecule has 30 heavy (non-hydrogen) atoms. The number of benzene rings is 1. The lowest BCUT2D eigenvalue weighted by Gasteiger charge is -2.20. The molecule has 1 aromatic carbocycles. The van der Waals surface area contributed by atoms with Crippen LogP contribution >= 0.6 is 0 Å². The van der Waals surface area contributed by atoms with E-state index in [1.54, 1.807) is 6.33 Å². The number of nitrogens with one attached hydrogen (secondary N) is 1. The van der Waals surface area contributed by atoms with E-state index in [2.05, 4.69) is 43.0 Å². The lowest BCUT2D eigenvalue weighted by molar-refractivity contribution is -0.192. The van der Waals surface area contributed by atoms with Gasteiger partial charge in [-0.05, 0) is 29.7 Å². The van der Waals surface area contributed by atoms with Crippen molar-refractivity contribution >= 4 is 23.0 Å². The van der Waals surface area contributed by atoms with Crippen molar-refractivity contribution in [2.24, 2.45) is 0 Å². The fourth-order valence-corrected chi connectivity index (χ4v) is 3.25. The van der Waals surface area contributed by atoms with E-state index >= 15 is 0 Å². The molecule has 0 saturated carbocycles. The second-order valence-corrected chi connectivity index (χ2v) is 6.92. The molecule has 0 fully saturated rings. The minimum Gasteiger partial charge on any atom is -0.475 e. The van der Waals surface area contributed by atoms with Gasteiger partial charge in [0, 0.05) is 20.6 Å². The highest BCUT2D eigenvalue weighted by Crippen LogP contribution is 2.23. The van der Waals surface area contributed by atoms with E-state index in [0.717, 1.165) is 43.0 Å². The lowest BCUT2D eigenvalue weighted by Crippen LogP contribution is -2.25. The number of aliphatic carboxylic acids is 1. The number of hydrogen-bond acceptors (Lipinski definition) is 6. The zero-order valence-electron chi connectivity index (χ0n) is 16.4. The number of halogens is 3. The summed E-state index contributed by atoms with van der Waals surface area (Å²) in [4.78, 5) is 24.2. The molecule has 2 N–H and O–H groups in total. The molecule has 0 bridgehead atoms. The first-order chi connectivity index (χ1) is 14.2. The molecule has 0 unspecified atom stereocenters. The number of rotatable bonds is 3. The molecule has 0 radical (unpaired) electrons. The summed E-state index contributed by atoms with van der Waals surface area (Å²) in [6.45, 7) is 2.80. The smallest absolute Gasteiger partial charge is 0.475 e. The number of fused-ring (bicyclic) bond motifs is 2. The standard InChI is InChI=1S/C17H20N6.C2HF3O2/c1-22(2)16-15-17(20-10-19-16)23(11-21-15)9-13-5-3-4-12-8-18-7-6-14(12)13;3-2(4,5)1(6)7/h3-5,10-11,18H,6-9H2,1-2H3;(H,6,7). The van der Waals surface area contributed by atoms with Gasteiger partial charge in [-0.25, -0.2) is 19.7 Å². The SMILES string of the molecule is CN(C)c1ncnc2c1ncn2Cc1cccc2c1CCNC2.O=C(O)C(F)(F)F. The fourth-order valence-electron chi connectivity index (χ4n) is 3.25. The Kier molecular flexibility index (Phi) is 6.20. The molecule has 0 aliphatic carbocycles. The van der Waals surface area contributed by atoms with E-state index < -0.39 is 12.1 Å². The molecule has 0 amide bonds. The predicted octanol–water partition coefficient (Wildman–Crippen LogP) is 2.22. The van der Waals surface area contributed by atoms with Crippen molar-refractivity contribution in [2.75, 3.05) is 25.5 Å². The number of nitrogens with zero attached hydrogens (tertiary/aromatic N) is 5. The molecule has 3 aromatic rings. The number of carboxylic acids is 1. The quantitative estimate of drug-likeness (QED) is 0.668. The molecule has 2 aromatic heterocycles. The van der Waals surface area contributed by atoms with Crippen LogP contribution in [0, 0.1) is 0 Å². The number of hydrogen-bond donors (Lipinski definition) is 2. The summed E-state index contributed by atoms with van der Waals surface area (Å²) in [5, 5.41) is 10.6. The van der Waals surface area contributed by atoms with E-state index in [1.807, 2.05) is 25.3 Å². The first-order valence-corrected chi connectivity index (χ1v) is 9.12. The van der Waals surface area contributed by atoms with Crippen molar-refractivity contribution in [1.29, 1.82) is 0 Å². The van der Waals surface area contributed by atoms with Gasteiger partial charge in [0.15, 0.2) is 17.0 Å². The van der Waals surface area contributed by atoms with E-state index in [1.165, 1.54) is 16.7 Å². The Labute approximate surface area is 170 Å². The number of carbonyl (C=O) groups is 1. The minimum atomic E-state index is -5.08. The van der Waals surface area contributed by atoms with Crippen molar-refractivity contribution in [2.45, 2.75) is 25.7 Å². The van der Waals surface area contributed by atoms with Gasteiger partial charge in [-0.2, -0.15) is 13.2 Å². The molecule has 8 nitrogen and oxygen atoms in total. The second kappa shape index (κ2) is 8.66. The lowest BCUT2D eigenvalue weighted by atomic mass is 9.95. The number of aromatic nitrogens is 4. The Bertz CT molecular complexity index is 1050. The average molecular weight is 422 g/mol. The predicted molar refractivity (Wildman–Crippen MR) is 104 cm³/mol. The summed E-state index contributed by atoms with van der Waals surface area (Å²) < 4.78 is 33.8. The van der Waals surface area contributed by atoms with Gasteiger partial charge in [-0.1, -0.05) is 18.2 Å². The number of alkyl halides is 3. The first-order valence-electron chi connectivity index (χ1n) is 9.12. The van der Waals surface area contributed by atoms with Crippen molar-refractivity contribution in [3.8, 4) is 0 Å². The fraction of sp³-hybridized carbons (Fsp3) is 0.368. The van der Waals surface area contributed by atoms with Crippen LogP contribution in [0.1, 0.15) is 16.7 Å². The third-order valence-corrected chi connectivity index (χ3v) is 4.63. The zero-order valence-corrected chi connectivity index (χ0v) is 16.4. The van der Waals surface area contributed by atoms with Crippen LogP contribution in [0.4, 0.5) is 19.0 Å². The van der Waals surface area contributed by atoms with Crippen LogP contribution in [0.15, 0.2) is 30.9 Å². The summed E-state index contributed by atoms with van der Waals surface area (Å²) in [5.41, 5.74) is 5.96. The van der Waals surface area contributed by atoms with Crippen LogP contribution in [-0.4, -0.2) is 57.4 Å². The van der Waals surface area contributed by atoms with Gasteiger partial charge in [0.25, 0.3) is 0 Å². The van der Waals surface area contributed by atoms with Gasteiger partial charge < -0.3 is 19.9 Å². The molecular weight excluding hydrogens is 401 g/mol. The monoisotopic (exact) mass is 422 g/mol. The first kappa shape index (κ1) is 21.5. The van der Waals surface area contributed by atoms with E-state index in [0.29, 0.717) is 0 Å². The van der Waals surface area contributed by atoms with Gasteiger partial charge in [0.1, 0.15) is 6.33 Å². The van der Waals surface area contributed by atoms with E-state index in [-0.39, 0.29) is 0 Å². The van der Waals surface area contributed by atoms with Gasteiger partial charge in [-0.3, -0.25) is 0 Å².